The molecule has 2 N–H and O–H groups in total. The van der Waals surface area contributed by atoms with Crippen molar-refractivity contribution >= 4 is 6.03 Å². The van der Waals surface area contributed by atoms with E-state index in [0.29, 0.717) is 0 Å². The Morgan fingerprint density at radius 1 is 1.53 bits per heavy atom. The Morgan fingerprint density at radius 3 is 3.06 bits per heavy atom. The molecule has 0 atom stereocenters. The van der Waals surface area contributed by atoms with E-state index in [9.17, 15) is 4.79 Å². The number of urea groups is 1. The molecule has 1 aromatic heterocycles. The van der Waals surface area contributed by atoms with Gasteiger partial charge in [0.25, 0.3) is 0 Å². The normalized spacial score (nSPS) is 15.4. The van der Waals surface area contributed by atoms with E-state index in [1.54, 1.807) is 11.0 Å². The third-order valence-electron chi connectivity index (χ3n) is 2.68. The smallest absolute Gasteiger partial charge is 0.317 e. The molecule has 2 heterocycles. The van der Waals surface area contributed by atoms with E-state index >= 15 is 0 Å². The zero-order valence-electron chi connectivity index (χ0n) is 10.0. The second-order valence-corrected chi connectivity index (χ2v) is 4.05. The lowest BCUT2D eigenvalue weighted by Crippen LogP contribution is -2.35. The van der Waals surface area contributed by atoms with Gasteiger partial charge in [0, 0.05) is 46.2 Å². The van der Waals surface area contributed by atoms with Gasteiger partial charge in [0.05, 0.1) is 0 Å². The average Bonchev–Trinajstić information content (AvgIpc) is 2.88. The molecule has 1 saturated heterocycles. The van der Waals surface area contributed by atoms with Crippen molar-refractivity contribution in [2.75, 3.05) is 32.7 Å². The van der Waals surface area contributed by atoms with Gasteiger partial charge in [0.1, 0.15) is 6.33 Å². The summed E-state index contributed by atoms with van der Waals surface area (Å²) in [6.45, 7) is 3.96. The molecule has 0 saturated carbocycles. The van der Waals surface area contributed by atoms with Crippen LogP contribution in [0.5, 0.6) is 0 Å². The van der Waals surface area contributed by atoms with Crippen molar-refractivity contribution in [3.63, 3.8) is 0 Å². The van der Waals surface area contributed by atoms with Crippen LogP contribution in [-0.4, -0.2) is 58.4 Å². The number of hydrogen-bond acceptors (Lipinski definition) is 4. The minimum atomic E-state index is 0.0400. The van der Waals surface area contributed by atoms with Crippen LogP contribution < -0.4 is 10.6 Å². The Morgan fingerprint density at radius 2 is 2.41 bits per heavy atom. The molecule has 0 bridgehead atoms. The molecule has 0 radical (unpaired) electrons. The third kappa shape index (κ3) is 3.42. The quantitative estimate of drug-likeness (QED) is 0.622. The van der Waals surface area contributed by atoms with Crippen LogP contribution in [0.15, 0.2) is 6.33 Å². The zero-order valence-corrected chi connectivity index (χ0v) is 10.0. The van der Waals surface area contributed by atoms with Crippen molar-refractivity contribution in [2.24, 2.45) is 7.05 Å². The highest BCUT2D eigenvalue weighted by Gasteiger charge is 2.17. The highest BCUT2D eigenvalue weighted by molar-refractivity contribution is 5.76. The van der Waals surface area contributed by atoms with E-state index in [0.717, 1.165) is 45.0 Å². The number of aromatic nitrogens is 3. The summed E-state index contributed by atoms with van der Waals surface area (Å²) in [5.41, 5.74) is 0. The van der Waals surface area contributed by atoms with Gasteiger partial charge in [-0.15, -0.1) is 0 Å². The first-order chi connectivity index (χ1) is 8.25. The van der Waals surface area contributed by atoms with Crippen molar-refractivity contribution in [2.45, 2.75) is 6.42 Å². The first-order valence-electron chi connectivity index (χ1n) is 5.84. The molecule has 0 spiro atoms. The van der Waals surface area contributed by atoms with Gasteiger partial charge in [-0.2, -0.15) is 5.10 Å². The van der Waals surface area contributed by atoms with Gasteiger partial charge in [-0.1, -0.05) is 0 Å². The standard InChI is InChI=1S/C10H18N6O/c1-15-8-13-9(14-15)2-3-11-4-6-16-7-5-12-10(16)17/h8,11H,2-7H2,1H3,(H,12,17). The lowest BCUT2D eigenvalue weighted by atomic mass is 10.4. The maximum absolute atomic E-state index is 11.2. The Hall–Kier alpha value is -1.63. The zero-order chi connectivity index (χ0) is 12.1. The number of nitrogens with one attached hydrogen (secondary N) is 2. The molecular formula is C10H18N6O. The molecular weight excluding hydrogens is 220 g/mol. The third-order valence-corrected chi connectivity index (χ3v) is 2.68. The van der Waals surface area contributed by atoms with Crippen molar-refractivity contribution in [1.29, 1.82) is 0 Å². The second-order valence-electron chi connectivity index (χ2n) is 4.05. The molecule has 94 valence electrons. The lowest BCUT2D eigenvalue weighted by molar-refractivity contribution is 0.217. The van der Waals surface area contributed by atoms with Gasteiger partial charge >= 0.3 is 6.03 Å². The summed E-state index contributed by atoms with van der Waals surface area (Å²) >= 11 is 0. The molecule has 17 heavy (non-hydrogen) atoms. The van der Waals surface area contributed by atoms with Crippen molar-refractivity contribution in [3.8, 4) is 0 Å². The van der Waals surface area contributed by atoms with E-state index in [-0.39, 0.29) is 6.03 Å². The van der Waals surface area contributed by atoms with E-state index in [4.69, 9.17) is 0 Å². The summed E-state index contributed by atoms with van der Waals surface area (Å²) in [5.74, 6) is 0.846. The minimum Gasteiger partial charge on any atom is -0.336 e. The molecule has 1 aliphatic heterocycles. The monoisotopic (exact) mass is 238 g/mol. The maximum atomic E-state index is 11.2. The van der Waals surface area contributed by atoms with Crippen LogP contribution in [0.25, 0.3) is 0 Å². The van der Waals surface area contributed by atoms with Gasteiger partial charge in [-0.25, -0.2) is 9.78 Å². The number of aryl methyl sites for hydroxylation is 1. The molecule has 7 nitrogen and oxygen atoms in total. The molecule has 7 heteroatoms. The van der Waals surface area contributed by atoms with E-state index < -0.39 is 0 Å². The van der Waals surface area contributed by atoms with Crippen LogP contribution in [0.3, 0.4) is 0 Å². The maximum Gasteiger partial charge on any atom is 0.317 e. The number of hydrogen-bond donors (Lipinski definition) is 2. The van der Waals surface area contributed by atoms with Crippen LogP contribution in [0.2, 0.25) is 0 Å². The van der Waals surface area contributed by atoms with Crippen LogP contribution in [0, 0.1) is 0 Å². The Kier molecular flexibility index (Phi) is 3.92. The van der Waals surface area contributed by atoms with Gasteiger partial charge in [0.15, 0.2) is 5.82 Å². The Balaban J connectivity index is 1.56. The van der Waals surface area contributed by atoms with Gasteiger partial charge in [-0.05, 0) is 0 Å². The van der Waals surface area contributed by atoms with E-state index in [1.807, 2.05) is 11.9 Å². The SMILES string of the molecule is Cn1cnc(CCNCCN2CCNC2=O)n1. The molecule has 0 aromatic carbocycles. The van der Waals surface area contributed by atoms with E-state index in [1.165, 1.54) is 0 Å². The minimum absolute atomic E-state index is 0.0400. The molecule has 1 fully saturated rings. The molecule has 1 aromatic rings. The summed E-state index contributed by atoms with van der Waals surface area (Å²) in [6.07, 6.45) is 2.51. The number of carbonyl (C=O) groups excluding carboxylic acids is 1. The van der Waals surface area contributed by atoms with Crippen molar-refractivity contribution in [3.05, 3.63) is 12.2 Å². The van der Waals surface area contributed by atoms with Crippen LogP contribution >= 0.6 is 0 Å². The Labute approximate surface area is 100 Å². The number of amides is 2. The fraction of sp³-hybridized carbons (Fsp3) is 0.700. The van der Waals surface area contributed by atoms with Gasteiger partial charge in [0.2, 0.25) is 0 Å². The molecule has 0 unspecified atom stereocenters. The molecule has 2 amide bonds. The molecule has 1 aliphatic rings. The lowest BCUT2D eigenvalue weighted by Gasteiger charge is -2.13. The highest BCUT2D eigenvalue weighted by atomic mass is 16.2. The van der Waals surface area contributed by atoms with Crippen LogP contribution in [0.4, 0.5) is 4.79 Å². The number of rotatable bonds is 6. The largest absolute Gasteiger partial charge is 0.336 e. The second kappa shape index (κ2) is 5.62. The fourth-order valence-corrected chi connectivity index (χ4v) is 1.76. The average molecular weight is 238 g/mol. The number of carbonyl (C=O) groups is 1. The predicted octanol–water partition coefficient (Wildman–Crippen LogP) is -1.03. The molecule has 0 aliphatic carbocycles. The van der Waals surface area contributed by atoms with Crippen LogP contribution in [-0.2, 0) is 13.5 Å². The summed E-state index contributed by atoms with van der Waals surface area (Å²) in [6, 6.07) is 0.0400. The fourth-order valence-electron chi connectivity index (χ4n) is 1.76. The van der Waals surface area contributed by atoms with Gasteiger partial charge < -0.3 is 15.5 Å². The van der Waals surface area contributed by atoms with Gasteiger partial charge in [-0.3, -0.25) is 4.68 Å². The predicted molar refractivity (Wildman–Crippen MR) is 62.5 cm³/mol. The van der Waals surface area contributed by atoms with Crippen LogP contribution in [0.1, 0.15) is 5.82 Å². The summed E-state index contributed by atoms with van der Waals surface area (Å²) in [4.78, 5) is 17.2. The first-order valence-corrected chi connectivity index (χ1v) is 5.84. The molecule has 2 rings (SSSR count). The number of nitrogens with zero attached hydrogens (tertiary/aromatic N) is 4. The topological polar surface area (TPSA) is 75.1 Å². The van der Waals surface area contributed by atoms with Crippen molar-refractivity contribution < 1.29 is 4.79 Å². The highest BCUT2D eigenvalue weighted by Crippen LogP contribution is 1.94. The first kappa shape index (κ1) is 11.8. The summed E-state index contributed by atoms with van der Waals surface area (Å²) in [5, 5.41) is 10.2. The summed E-state index contributed by atoms with van der Waals surface area (Å²) in [7, 11) is 1.86. The Bertz CT molecular complexity index is 377. The summed E-state index contributed by atoms with van der Waals surface area (Å²) < 4.78 is 1.70. The van der Waals surface area contributed by atoms with Crippen molar-refractivity contribution in [1.82, 2.24) is 30.3 Å². The van der Waals surface area contributed by atoms with E-state index in [2.05, 4.69) is 20.7 Å².